The minimum absolute atomic E-state index is 0.321. The summed E-state index contributed by atoms with van der Waals surface area (Å²) in [5.74, 6) is -1.88. The fraction of sp³-hybridized carbons (Fsp3) is 0.333. The number of rotatable bonds is 7. The van der Waals surface area contributed by atoms with E-state index < -0.39 is 42.0 Å². The molecule has 2 aromatic carbocycles. The Balaban J connectivity index is 1.66. The van der Waals surface area contributed by atoms with Crippen LogP contribution in [-0.2, 0) is 24.7 Å². The number of hydrogen-bond donors (Lipinski definition) is 2. The molecule has 8 nitrogen and oxygen atoms in total. The van der Waals surface area contributed by atoms with E-state index in [1.165, 1.54) is 6.92 Å². The van der Waals surface area contributed by atoms with E-state index in [0.717, 1.165) is 16.0 Å². The molecule has 0 spiro atoms. The topological polar surface area (TPSA) is 105 Å². The number of imide groups is 1. The first kappa shape index (κ1) is 23.0. The van der Waals surface area contributed by atoms with Gasteiger partial charge in [-0.25, -0.2) is 4.79 Å². The summed E-state index contributed by atoms with van der Waals surface area (Å²) in [6.45, 7) is 6.37. The van der Waals surface area contributed by atoms with Crippen LogP contribution < -0.4 is 10.6 Å². The second kappa shape index (κ2) is 9.21. The zero-order chi connectivity index (χ0) is 23.5. The highest BCUT2D eigenvalue weighted by atomic mass is 16.5. The van der Waals surface area contributed by atoms with Crippen LogP contribution in [0.2, 0.25) is 0 Å². The minimum Gasteiger partial charge on any atom is -0.451 e. The normalized spacial score (nSPS) is 18.8. The van der Waals surface area contributed by atoms with Crippen LogP contribution in [0.3, 0.4) is 0 Å². The van der Waals surface area contributed by atoms with E-state index in [2.05, 4.69) is 10.6 Å². The quantitative estimate of drug-likeness (QED) is 0.512. The van der Waals surface area contributed by atoms with Crippen LogP contribution in [0.25, 0.3) is 0 Å². The van der Waals surface area contributed by atoms with Gasteiger partial charge in [0.15, 0.2) is 6.10 Å². The number of nitrogens with zero attached hydrogens (tertiary/aromatic N) is 1. The van der Waals surface area contributed by atoms with Crippen molar-refractivity contribution in [3.8, 4) is 0 Å². The zero-order valence-electron chi connectivity index (χ0n) is 18.6. The highest BCUT2D eigenvalue weighted by Crippen LogP contribution is 2.32. The van der Waals surface area contributed by atoms with Crippen LogP contribution in [0.1, 0.15) is 37.0 Å². The Kier molecular flexibility index (Phi) is 6.62. The van der Waals surface area contributed by atoms with Gasteiger partial charge in [0.2, 0.25) is 0 Å². The lowest BCUT2D eigenvalue weighted by Gasteiger charge is -2.25. The third kappa shape index (κ3) is 4.34. The van der Waals surface area contributed by atoms with Gasteiger partial charge in [0, 0.05) is 5.69 Å². The lowest BCUT2D eigenvalue weighted by molar-refractivity contribution is -0.155. The number of aryl methyl sites for hydroxylation is 2. The molecule has 8 heteroatoms. The second-order valence-corrected chi connectivity index (χ2v) is 7.83. The van der Waals surface area contributed by atoms with Gasteiger partial charge in [0.25, 0.3) is 11.8 Å². The number of anilines is 1. The Hall–Kier alpha value is -3.68. The van der Waals surface area contributed by atoms with Crippen molar-refractivity contribution in [1.29, 1.82) is 0 Å². The molecule has 1 heterocycles. The fourth-order valence-electron chi connectivity index (χ4n) is 3.79. The van der Waals surface area contributed by atoms with Crippen LogP contribution in [0.4, 0.5) is 10.5 Å². The number of ether oxygens (including phenoxy) is 1. The van der Waals surface area contributed by atoms with E-state index in [9.17, 15) is 19.2 Å². The first-order chi connectivity index (χ1) is 15.2. The molecule has 2 unspecified atom stereocenters. The van der Waals surface area contributed by atoms with Gasteiger partial charge in [-0.2, -0.15) is 0 Å². The number of para-hydroxylation sites is 1. The average molecular weight is 437 g/mol. The highest BCUT2D eigenvalue weighted by Gasteiger charge is 2.51. The molecule has 0 aliphatic carbocycles. The summed E-state index contributed by atoms with van der Waals surface area (Å²) in [6, 6.07) is 13.8. The van der Waals surface area contributed by atoms with E-state index in [1.807, 2.05) is 38.1 Å². The van der Waals surface area contributed by atoms with Gasteiger partial charge in [-0.05, 0) is 43.9 Å². The maximum Gasteiger partial charge on any atom is 0.327 e. The third-order valence-corrected chi connectivity index (χ3v) is 5.67. The predicted octanol–water partition coefficient (Wildman–Crippen LogP) is 3.03. The Morgan fingerprint density at radius 1 is 1.06 bits per heavy atom. The van der Waals surface area contributed by atoms with Crippen molar-refractivity contribution in [2.24, 2.45) is 0 Å². The largest absolute Gasteiger partial charge is 0.451 e. The summed E-state index contributed by atoms with van der Waals surface area (Å²) < 4.78 is 5.21. The Bertz CT molecular complexity index is 1030. The summed E-state index contributed by atoms with van der Waals surface area (Å²) in [5.41, 5.74) is 1.83. The number of carbonyl (C=O) groups excluding carboxylic acids is 4. The zero-order valence-corrected chi connectivity index (χ0v) is 18.6. The van der Waals surface area contributed by atoms with E-state index >= 15 is 0 Å². The fourth-order valence-corrected chi connectivity index (χ4v) is 3.79. The van der Waals surface area contributed by atoms with Crippen LogP contribution in [0.5, 0.6) is 0 Å². The summed E-state index contributed by atoms with van der Waals surface area (Å²) >= 11 is 0. The molecule has 2 atom stereocenters. The maximum absolute atomic E-state index is 13.1. The molecule has 0 bridgehead atoms. The van der Waals surface area contributed by atoms with Crippen molar-refractivity contribution in [2.45, 2.75) is 45.8 Å². The molecule has 1 aliphatic rings. The molecule has 0 saturated carbocycles. The third-order valence-electron chi connectivity index (χ3n) is 5.67. The number of benzene rings is 2. The smallest absolute Gasteiger partial charge is 0.327 e. The van der Waals surface area contributed by atoms with E-state index in [0.29, 0.717) is 17.7 Å². The Labute approximate surface area is 186 Å². The first-order valence-electron chi connectivity index (χ1n) is 10.5. The molecule has 2 N–H and O–H groups in total. The number of esters is 1. The monoisotopic (exact) mass is 437 g/mol. The lowest BCUT2D eigenvalue weighted by Crippen LogP contribution is -2.44. The SMILES string of the molecule is CCC1(c2ccccc2)NC(=O)N(CC(=O)OC(C)C(=O)Nc2c(C)cccc2C)C1=O. The molecule has 1 saturated heterocycles. The van der Waals surface area contributed by atoms with Gasteiger partial charge < -0.3 is 15.4 Å². The second-order valence-electron chi connectivity index (χ2n) is 7.83. The van der Waals surface area contributed by atoms with Crippen LogP contribution in [0.15, 0.2) is 48.5 Å². The molecule has 32 heavy (non-hydrogen) atoms. The molecule has 4 amide bonds. The summed E-state index contributed by atoms with van der Waals surface area (Å²) in [6.07, 6.45) is -0.783. The van der Waals surface area contributed by atoms with Crippen molar-refractivity contribution in [3.05, 3.63) is 65.2 Å². The molecular weight excluding hydrogens is 410 g/mol. The average Bonchev–Trinajstić information content (AvgIpc) is 3.01. The van der Waals surface area contributed by atoms with Crippen LogP contribution in [-0.4, -0.2) is 41.4 Å². The molecule has 0 radical (unpaired) electrons. The van der Waals surface area contributed by atoms with E-state index in [-0.39, 0.29) is 0 Å². The van der Waals surface area contributed by atoms with Crippen LogP contribution in [0, 0.1) is 13.8 Å². The number of nitrogens with one attached hydrogen (secondary N) is 2. The Morgan fingerprint density at radius 2 is 1.69 bits per heavy atom. The van der Waals surface area contributed by atoms with Crippen molar-refractivity contribution >= 4 is 29.5 Å². The van der Waals surface area contributed by atoms with Gasteiger partial charge in [0.05, 0.1) is 0 Å². The van der Waals surface area contributed by atoms with Gasteiger partial charge >= 0.3 is 12.0 Å². The standard InChI is InChI=1S/C24H27N3O5/c1-5-24(18-12-7-6-8-13-18)22(30)27(23(31)26-24)14-19(28)32-17(4)21(29)25-20-15(2)10-9-11-16(20)3/h6-13,17H,5,14H2,1-4H3,(H,25,29)(H,26,31). The lowest BCUT2D eigenvalue weighted by atomic mass is 9.87. The molecule has 1 fully saturated rings. The van der Waals surface area contributed by atoms with E-state index in [1.54, 1.807) is 31.2 Å². The van der Waals surface area contributed by atoms with Crippen molar-refractivity contribution in [2.75, 3.05) is 11.9 Å². The van der Waals surface area contributed by atoms with Gasteiger partial charge in [-0.1, -0.05) is 55.5 Å². The molecular formula is C24H27N3O5. The number of amides is 4. The van der Waals surface area contributed by atoms with Crippen molar-refractivity contribution < 1.29 is 23.9 Å². The first-order valence-corrected chi connectivity index (χ1v) is 10.5. The summed E-state index contributed by atoms with van der Waals surface area (Å²) in [5, 5.41) is 5.47. The van der Waals surface area contributed by atoms with Crippen molar-refractivity contribution in [3.63, 3.8) is 0 Å². The minimum atomic E-state index is -1.23. The molecule has 1 aliphatic heterocycles. The van der Waals surface area contributed by atoms with Crippen molar-refractivity contribution in [1.82, 2.24) is 10.2 Å². The van der Waals surface area contributed by atoms with Gasteiger partial charge in [0.1, 0.15) is 12.1 Å². The Morgan fingerprint density at radius 3 is 2.28 bits per heavy atom. The highest BCUT2D eigenvalue weighted by molar-refractivity contribution is 6.09. The molecule has 3 rings (SSSR count). The van der Waals surface area contributed by atoms with Gasteiger partial charge in [-0.3, -0.25) is 19.3 Å². The number of carbonyl (C=O) groups is 4. The van der Waals surface area contributed by atoms with Crippen LogP contribution >= 0.6 is 0 Å². The summed E-state index contributed by atoms with van der Waals surface area (Å²) in [7, 11) is 0. The van der Waals surface area contributed by atoms with E-state index in [4.69, 9.17) is 4.74 Å². The molecule has 0 aromatic heterocycles. The maximum atomic E-state index is 13.1. The predicted molar refractivity (Wildman–Crippen MR) is 119 cm³/mol. The number of urea groups is 1. The van der Waals surface area contributed by atoms with Gasteiger partial charge in [-0.15, -0.1) is 0 Å². The number of hydrogen-bond acceptors (Lipinski definition) is 5. The summed E-state index contributed by atoms with van der Waals surface area (Å²) in [4.78, 5) is 51.4. The molecule has 168 valence electrons. The molecule has 2 aromatic rings.